The predicted molar refractivity (Wildman–Crippen MR) is 66.4 cm³/mol. The first kappa shape index (κ1) is 12.0. The van der Waals surface area contributed by atoms with Gasteiger partial charge in [0.15, 0.2) is 0 Å². The molecule has 5 heteroatoms. The number of carbonyl (C=O) groups excluding carboxylic acids is 1. The van der Waals surface area contributed by atoms with E-state index in [0.29, 0.717) is 0 Å². The Bertz CT molecular complexity index is 623. The molecule has 18 heavy (non-hydrogen) atoms. The molecule has 1 aromatic carbocycles. The van der Waals surface area contributed by atoms with Gasteiger partial charge in [0.25, 0.3) is 5.91 Å². The maximum absolute atomic E-state index is 11.8. The molecule has 2 aromatic rings. The van der Waals surface area contributed by atoms with Crippen molar-refractivity contribution >= 4 is 22.6 Å². The van der Waals surface area contributed by atoms with Gasteiger partial charge in [0.05, 0.1) is 0 Å². The highest BCUT2D eigenvalue weighted by atomic mass is 16.4. The van der Waals surface area contributed by atoms with E-state index < -0.39 is 18.4 Å². The van der Waals surface area contributed by atoms with Gasteiger partial charge in [-0.2, -0.15) is 0 Å². The first-order valence-corrected chi connectivity index (χ1v) is 5.44. The molecule has 0 saturated carbocycles. The second-order valence-corrected chi connectivity index (χ2v) is 3.91. The van der Waals surface area contributed by atoms with Crippen LogP contribution in [0.2, 0.25) is 0 Å². The first-order chi connectivity index (χ1) is 8.59. The second kappa shape index (κ2) is 4.83. The Labute approximate surface area is 103 Å². The van der Waals surface area contributed by atoms with Crippen LogP contribution in [0.3, 0.4) is 0 Å². The third kappa shape index (κ3) is 2.29. The molecule has 1 aromatic heterocycles. The van der Waals surface area contributed by atoms with Crippen molar-refractivity contribution in [1.29, 1.82) is 0 Å². The molecular formula is C13H12N2O3. The van der Waals surface area contributed by atoms with Crippen LogP contribution in [-0.4, -0.2) is 28.5 Å². The predicted octanol–water partition coefficient (Wildman–Crippen LogP) is 1.36. The van der Waals surface area contributed by atoms with Gasteiger partial charge < -0.3 is 10.4 Å². The third-order valence-electron chi connectivity index (χ3n) is 2.64. The number of amides is 1. The molecule has 2 rings (SSSR count). The Morgan fingerprint density at radius 3 is 2.78 bits per heavy atom. The number of rotatable bonds is 3. The number of hydrogen-bond acceptors (Lipinski definition) is 3. The van der Waals surface area contributed by atoms with Crippen molar-refractivity contribution in [2.24, 2.45) is 0 Å². The zero-order chi connectivity index (χ0) is 13.1. The summed E-state index contributed by atoms with van der Waals surface area (Å²) < 4.78 is 0. The van der Waals surface area contributed by atoms with Crippen molar-refractivity contribution in [1.82, 2.24) is 10.3 Å². The average molecular weight is 244 g/mol. The van der Waals surface area contributed by atoms with Gasteiger partial charge in [0.1, 0.15) is 12.2 Å². The van der Waals surface area contributed by atoms with Crippen LogP contribution >= 0.6 is 0 Å². The van der Waals surface area contributed by atoms with Crippen molar-refractivity contribution in [3.8, 4) is 0 Å². The van der Waals surface area contributed by atoms with E-state index in [1.54, 1.807) is 12.3 Å². The Hall–Kier alpha value is -2.43. The van der Waals surface area contributed by atoms with E-state index in [1.807, 2.05) is 25.1 Å². The normalized spacial score (nSPS) is 10.3. The molecule has 0 unspecified atom stereocenters. The summed E-state index contributed by atoms with van der Waals surface area (Å²) in [6.07, 6.45) is 1.55. The van der Waals surface area contributed by atoms with Crippen molar-refractivity contribution in [3.63, 3.8) is 0 Å². The van der Waals surface area contributed by atoms with Crippen molar-refractivity contribution in [2.45, 2.75) is 6.92 Å². The Morgan fingerprint density at radius 1 is 1.28 bits per heavy atom. The van der Waals surface area contributed by atoms with Gasteiger partial charge in [0, 0.05) is 11.6 Å². The number of nitrogens with zero attached hydrogens (tertiary/aromatic N) is 1. The SMILES string of the molecule is Cc1cccc2c(C(=O)NCC(=O)O)nccc12. The van der Waals surface area contributed by atoms with Crippen LogP contribution in [0.5, 0.6) is 0 Å². The number of nitrogens with one attached hydrogen (secondary N) is 1. The van der Waals surface area contributed by atoms with Crippen LogP contribution < -0.4 is 5.32 Å². The van der Waals surface area contributed by atoms with E-state index in [9.17, 15) is 9.59 Å². The number of carboxylic acids is 1. The summed E-state index contributed by atoms with van der Waals surface area (Å²) in [6.45, 7) is 1.53. The summed E-state index contributed by atoms with van der Waals surface area (Å²) >= 11 is 0. The minimum Gasteiger partial charge on any atom is -0.480 e. The molecule has 0 saturated heterocycles. The molecule has 2 N–H and O–H groups in total. The lowest BCUT2D eigenvalue weighted by molar-refractivity contribution is -0.135. The van der Waals surface area contributed by atoms with Crippen LogP contribution in [0, 0.1) is 6.92 Å². The van der Waals surface area contributed by atoms with Gasteiger partial charge in [-0.3, -0.25) is 14.6 Å². The number of aliphatic carboxylic acids is 1. The fourth-order valence-corrected chi connectivity index (χ4v) is 1.78. The molecule has 0 aliphatic carbocycles. The molecule has 0 spiro atoms. The van der Waals surface area contributed by atoms with E-state index in [1.165, 1.54) is 0 Å². The van der Waals surface area contributed by atoms with Crippen LogP contribution in [-0.2, 0) is 4.79 Å². The van der Waals surface area contributed by atoms with Crippen molar-refractivity contribution < 1.29 is 14.7 Å². The van der Waals surface area contributed by atoms with Crippen LogP contribution in [0.25, 0.3) is 10.8 Å². The smallest absolute Gasteiger partial charge is 0.322 e. The molecule has 0 aliphatic heterocycles. The lowest BCUT2D eigenvalue weighted by Gasteiger charge is -2.07. The van der Waals surface area contributed by atoms with Gasteiger partial charge >= 0.3 is 5.97 Å². The van der Waals surface area contributed by atoms with Crippen molar-refractivity contribution in [3.05, 3.63) is 41.7 Å². The van der Waals surface area contributed by atoms with Crippen LogP contribution in [0.1, 0.15) is 16.1 Å². The molecular weight excluding hydrogens is 232 g/mol. The van der Waals surface area contributed by atoms with E-state index in [4.69, 9.17) is 5.11 Å². The molecule has 92 valence electrons. The van der Waals surface area contributed by atoms with Crippen LogP contribution in [0.4, 0.5) is 0 Å². The fraction of sp³-hybridized carbons (Fsp3) is 0.154. The van der Waals surface area contributed by atoms with Gasteiger partial charge in [-0.25, -0.2) is 0 Å². The highest BCUT2D eigenvalue weighted by Crippen LogP contribution is 2.20. The lowest BCUT2D eigenvalue weighted by Crippen LogP contribution is -2.30. The molecule has 1 heterocycles. The largest absolute Gasteiger partial charge is 0.480 e. The summed E-state index contributed by atoms with van der Waals surface area (Å²) in [5.74, 6) is -1.56. The average Bonchev–Trinajstić information content (AvgIpc) is 2.36. The third-order valence-corrected chi connectivity index (χ3v) is 2.64. The number of carboxylic acid groups (broad SMARTS) is 1. The summed E-state index contributed by atoms with van der Waals surface area (Å²) in [5, 5.41) is 12.5. The highest BCUT2D eigenvalue weighted by molar-refractivity contribution is 6.06. The Balaban J connectivity index is 2.42. The number of carbonyl (C=O) groups is 2. The topological polar surface area (TPSA) is 79.3 Å². The number of pyridine rings is 1. The number of hydrogen-bond donors (Lipinski definition) is 2. The lowest BCUT2D eigenvalue weighted by atomic mass is 10.0. The summed E-state index contributed by atoms with van der Waals surface area (Å²) in [5.41, 5.74) is 1.29. The van der Waals surface area contributed by atoms with Crippen molar-refractivity contribution in [2.75, 3.05) is 6.54 Å². The molecule has 0 fully saturated rings. The Morgan fingerprint density at radius 2 is 2.06 bits per heavy atom. The molecule has 5 nitrogen and oxygen atoms in total. The van der Waals surface area contributed by atoms with E-state index in [-0.39, 0.29) is 5.69 Å². The standard InChI is InChI=1S/C13H12N2O3/c1-8-3-2-4-10-9(8)5-6-14-12(10)13(18)15-7-11(16)17/h2-6H,7H2,1H3,(H,15,18)(H,16,17). The zero-order valence-corrected chi connectivity index (χ0v) is 9.80. The second-order valence-electron chi connectivity index (χ2n) is 3.91. The van der Waals surface area contributed by atoms with Gasteiger partial charge in [-0.05, 0) is 23.9 Å². The maximum Gasteiger partial charge on any atom is 0.322 e. The minimum absolute atomic E-state index is 0.248. The van der Waals surface area contributed by atoms with E-state index in [2.05, 4.69) is 10.3 Å². The molecule has 0 atom stereocenters. The van der Waals surface area contributed by atoms with Gasteiger partial charge in [0.2, 0.25) is 0 Å². The number of benzene rings is 1. The summed E-state index contributed by atoms with van der Waals surface area (Å²) in [6, 6.07) is 7.41. The zero-order valence-electron chi connectivity index (χ0n) is 9.80. The monoisotopic (exact) mass is 244 g/mol. The maximum atomic E-state index is 11.8. The Kier molecular flexibility index (Phi) is 3.23. The highest BCUT2D eigenvalue weighted by Gasteiger charge is 2.12. The van der Waals surface area contributed by atoms with Crippen LogP contribution in [0.15, 0.2) is 30.5 Å². The molecule has 0 radical (unpaired) electrons. The molecule has 1 amide bonds. The van der Waals surface area contributed by atoms with Gasteiger partial charge in [-0.1, -0.05) is 18.2 Å². The first-order valence-electron chi connectivity index (χ1n) is 5.44. The summed E-state index contributed by atoms with van der Waals surface area (Å²) in [7, 11) is 0. The number of fused-ring (bicyclic) bond motifs is 1. The van der Waals surface area contributed by atoms with E-state index in [0.717, 1.165) is 16.3 Å². The van der Waals surface area contributed by atoms with Gasteiger partial charge in [-0.15, -0.1) is 0 Å². The molecule has 0 bridgehead atoms. The number of aryl methyl sites for hydroxylation is 1. The fourth-order valence-electron chi connectivity index (χ4n) is 1.78. The molecule has 0 aliphatic rings. The number of aromatic nitrogens is 1. The summed E-state index contributed by atoms with van der Waals surface area (Å²) in [4.78, 5) is 26.3. The van der Waals surface area contributed by atoms with E-state index >= 15 is 0 Å². The quantitative estimate of drug-likeness (QED) is 0.854. The minimum atomic E-state index is -1.08.